The third-order valence-electron chi connectivity index (χ3n) is 3.04. The largest absolute Gasteiger partial charge is 0.497 e. The summed E-state index contributed by atoms with van der Waals surface area (Å²) >= 11 is 4.75. The van der Waals surface area contributed by atoms with Gasteiger partial charge in [-0.1, -0.05) is 29.2 Å². The van der Waals surface area contributed by atoms with Crippen LogP contribution >= 0.6 is 34.4 Å². The number of benzene rings is 1. The molecule has 0 unspecified atom stereocenters. The number of ether oxygens (including phenoxy) is 1. The molecule has 0 radical (unpaired) electrons. The Morgan fingerprint density at radius 2 is 2.08 bits per heavy atom. The maximum atomic E-state index is 5.16. The van der Waals surface area contributed by atoms with Gasteiger partial charge in [-0.05, 0) is 24.3 Å². The van der Waals surface area contributed by atoms with Gasteiger partial charge in [-0.3, -0.25) is 0 Å². The first-order chi connectivity index (χ1) is 12.3. The van der Waals surface area contributed by atoms with E-state index in [9.17, 15) is 0 Å². The molecule has 1 aromatic carbocycles. The van der Waals surface area contributed by atoms with Gasteiger partial charge >= 0.3 is 0 Å². The Kier molecular flexibility index (Phi) is 6.26. The van der Waals surface area contributed by atoms with Crippen molar-refractivity contribution in [1.29, 1.82) is 0 Å². The van der Waals surface area contributed by atoms with Crippen LogP contribution in [-0.2, 0) is 5.75 Å². The monoisotopic (exact) mass is 391 g/mol. The van der Waals surface area contributed by atoms with E-state index >= 15 is 0 Å². The topological polar surface area (TPSA) is 72.0 Å². The van der Waals surface area contributed by atoms with E-state index in [4.69, 9.17) is 4.74 Å². The van der Waals surface area contributed by atoms with E-state index in [2.05, 4.69) is 37.8 Å². The lowest BCUT2D eigenvalue weighted by molar-refractivity contribution is 0.415. The third-order valence-corrected chi connectivity index (χ3v) is 5.90. The highest BCUT2D eigenvalue weighted by molar-refractivity contribution is 8.00. The molecule has 25 heavy (non-hydrogen) atoms. The van der Waals surface area contributed by atoms with Crippen molar-refractivity contribution in [3.63, 3.8) is 0 Å². The molecule has 0 saturated carbocycles. The van der Waals surface area contributed by atoms with Crippen molar-refractivity contribution in [1.82, 2.24) is 15.2 Å². The molecule has 3 rings (SSSR count). The Bertz CT molecular complexity index is 815. The predicted octanol–water partition coefficient (Wildman–Crippen LogP) is 4.64. The summed E-state index contributed by atoms with van der Waals surface area (Å²) in [4.78, 5) is 4.60. The second kappa shape index (κ2) is 8.84. The van der Waals surface area contributed by atoms with Gasteiger partial charge in [0.1, 0.15) is 5.75 Å². The first-order valence-corrected chi connectivity index (χ1v) is 10.1. The molecule has 0 atom stereocenters. The lowest BCUT2D eigenvalue weighted by atomic mass is 10.3. The smallest absolute Gasteiger partial charge is 0.206 e. The zero-order valence-electron chi connectivity index (χ0n) is 13.6. The molecule has 6 nitrogen and oxygen atoms in total. The summed E-state index contributed by atoms with van der Waals surface area (Å²) in [6.45, 7) is 4.36. The van der Waals surface area contributed by atoms with Gasteiger partial charge < -0.3 is 15.4 Å². The zero-order valence-corrected chi connectivity index (χ0v) is 16.0. The van der Waals surface area contributed by atoms with Gasteiger partial charge in [0, 0.05) is 23.4 Å². The molecule has 0 amide bonds. The number of aromatic nitrogens is 3. The fourth-order valence-electron chi connectivity index (χ4n) is 1.86. The van der Waals surface area contributed by atoms with E-state index in [-0.39, 0.29) is 0 Å². The summed E-state index contributed by atoms with van der Waals surface area (Å²) in [6.07, 6.45) is 1.79. The third kappa shape index (κ3) is 5.18. The van der Waals surface area contributed by atoms with Crippen LogP contribution in [0.15, 0.2) is 46.6 Å². The Balaban J connectivity index is 1.52. The van der Waals surface area contributed by atoms with E-state index in [1.807, 2.05) is 24.3 Å². The van der Waals surface area contributed by atoms with Crippen molar-refractivity contribution in [2.24, 2.45) is 0 Å². The number of hydrogen-bond acceptors (Lipinski definition) is 9. The first kappa shape index (κ1) is 17.7. The fourth-order valence-corrected chi connectivity index (χ4v) is 4.35. The van der Waals surface area contributed by atoms with Crippen LogP contribution in [-0.4, -0.2) is 28.8 Å². The van der Waals surface area contributed by atoms with Crippen LogP contribution < -0.4 is 15.4 Å². The van der Waals surface area contributed by atoms with Crippen LogP contribution in [0.25, 0.3) is 0 Å². The quantitative estimate of drug-likeness (QED) is 0.407. The molecule has 9 heteroatoms. The molecule has 2 heterocycles. The lowest BCUT2D eigenvalue weighted by Crippen LogP contribution is -1.96. The predicted molar refractivity (Wildman–Crippen MR) is 107 cm³/mol. The van der Waals surface area contributed by atoms with Gasteiger partial charge in [0.15, 0.2) is 9.47 Å². The van der Waals surface area contributed by atoms with Crippen LogP contribution in [0.3, 0.4) is 0 Å². The SMILES string of the molecule is C=CCNc1nnc(SCc2csc(Nc3ccc(OC)cc3)n2)s1. The van der Waals surface area contributed by atoms with Crippen LogP contribution in [0.1, 0.15) is 5.69 Å². The van der Waals surface area contributed by atoms with Crippen LogP contribution in [0.5, 0.6) is 5.75 Å². The van der Waals surface area contributed by atoms with Crippen molar-refractivity contribution in [2.75, 3.05) is 24.3 Å². The van der Waals surface area contributed by atoms with Crippen molar-refractivity contribution >= 4 is 50.4 Å². The molecule has 0 fully saturated rings. The Hall–Kier alpha value is -2.10. The van der Waals surface area contributed by atoms with Gasteiger partial charge in [-0.25, -0.2) is 4.98 Å². The number of nitrogens with zero attached hydrogens (tertiary/aromatic N) is 3. The lowest BCUT2D eigenvalue weighted by Gasteiger charge is -2.03. The summed E-state index contributed by atoms with van der Waals surface area (Å²) in [7, 11) is 1.66. The molecule has 0 aliphatic rings. The standard InChI is InChI=1S/C16H17N5OS3/c1-3-8-17-14-20-21-16(25-14)24-10-12-9-23-15(19-12)18-11-4-6-13(22-2)7-5-11/h3-7,9H,1,8,10H2,2H3,(H,17,20)(H,18,19). The molecule has 0 bridgehead atoms. The minimum atomic E-state index is 0.686. The Labute approximate surface area is 158 Å². The number of thiazole rings is 1. The van der Waals surface area contributed by atoms with E-state index < -0.39 is 0 Å². The Morgan fingerprint density at radius 3 is 2.84 bits per heavy atom. The number of rotatable bonds is 9. The van der Waals surface area contributed by atoms with Gasteiger partial charge in [0.2, 0.25) is 5.13 Å². The minimum Gasteiger partial charge on any atom is -0.497 e. The highest BCUT2D eigenvalue weighted by Crippen LogP contribution is 2.30. The molecule has 0 aliphatic carbocycles. The van der Waals surface area contributed by atoms with E-state index in [1.165, 1.54) is 11.3 Å². The maximum absolute atomic E-state index is 5.16. The molecule has 0 spiro atoms. The fraction of sp³-hybridized carbons (Fsp3) is 0.188. The molecule has 0 aliphatic heterocycles. The highest BCUT2D eigenvalue weighted by atomic mass is 32.2. The van der Waals surface area contributed by atoms with Crippen LogP contribution in [0, 0.1) is 0 Å². The average molecular weight is 392 g/mol. The summed E-state index contributed by atoms with van der Waals surface area (Å²) in [5, 5.41) is 18.4. The van der Waals surface area contributed by atoms with Crippen LogP contribution in [0.4, 0.5) is 16.0 Å². The van der Waals surface area contributed by atoms with Gasteiger partial charge in [0.25, 0.3) is 0 Å². The molecule has 3 aromatic rings. The van der Waals surface area contributed by atoms with Crippen LogP contribution in [0.2, 0.25) is 0 Å². The summed E-state index contributed by atoms with van der Waals surface area (Å²) in [5.41, 5.74) is 2.00. The second-order valence-corrected chi connectivity index (χ2v) is 7.89. The number of nitrogens with one attached hydrogen (secondary N) is 2. The van der Waals surface area contributed by atoms with Crippen molar-refractivity contribution < 1.29 is 4.74 Å². The van der Waals surface area contributed by atoms with Gasteiger partial charge in [-0.15, -0.1) is 28.1 Å². The van der Waals surface area contributed by atoms with Gasteiger partial charge in [0.05, 0.1) is 12.8 Å². The minimum absolute atomic E-state index is 0.686. The van der Waals surface area contributed by atoms with E-state index in [1.54, 1.807) is 36.3 Å². The normalized spacial score (nSPS) is 10.4. The summed E-state index contributed by atoms with van der Waals surface area (Å²) in [6, 6.07) is 7.77. The first-order valence-electron chi connectivity index (χ1n) is 7.43. The number of hydrogen-bond donors (Lipinski definition) is 2. The zero-order chi connectivity index (χ0) is 17.5. The second-order valence-electron chi connectivity index (χ2n) is 4.83. The van der Waals surface area contributed by atoms with E-state index in [0.717, 1.165) is 37.5 Å². The highest BCUT2D eigenvalue weighted by Gasteiger charge is 2.07. The van der Waals surface area contributed by atoms with E-state index in [0.29, 0.717) is 6.54 Å². The van der Waals surface area contributed by atoms with Gasteiger partial charge in [-0.2, -0.15) is 0 Å². The van der Waals surface area contributed by atoms with Crippen molar-refractivity contribution in [3.8, 4) is 5.75 Å². The summed E-state index contributed by atoms with van der Waals surface area (Å²) < 4.78 is 6.08. The molecule has 0 saturated heterocycles. The maximum Gasteiger partial charge on any atom is 0.206 e. The molecule has 2 N–H and O–H groups in total. The number of anilines is 3. The number of thioether (sulfide) groups is 1. The van der Waals surface area contributed by atoms with Crippen molar-refractivity contribution in [3.05, 3.63) is 48.0 Å². The molecule has 130 valence electrons. The number of methoxy groups -OCH3 is 1. The molecular formula is C16H17N5OS3. The summed E-state index contributed by atoms with van der Waals surface area (Å²) in [5.74, 6) is 1.59. The average Bonchev–Trinajstić information content (AvgIpc) is 3.28. The van der Waals surface area contributed by atoms with Crippen molar-refractivity contribution in [2.45, 2.75) is 10.1 Å². The molecular weight excluding hydrogens is 374 g/mol. The Morgan fingerprint density at radius 1 is 1.24 bits per heavy atom. The molecule has 2 aromatic heterocycles.